The van der Waals surface area contributed by atoms with Crippen molar-refractivity contribution in [3.8, 4) is 11.1 Å². The van der Waals surface area contributed by atoms with E-state index in [4.69, 9.17) is 5.11 Å². The van der Waals surface area contributed by atoms with Gasteiger partial charge in [0.25, 0.3) is 5.69 Å². The smallest absolute Gasteiger partial charge is 0.318 e. The van der Waals surface area contributed by atoms with Gasteiger partial charge in [-0.1, -0.05) is 24.3 Å². The highest BCUT2D eigenvalue weighted by Gasteiger charge is 2.23. The number of nitro benzene ring substituents is 1. The molecule has 1 N–H and O–H groups in total. The van der Waals surface area contributed by atoms with Crippen molar-refractivity contribution in [1.82, 2.24) is 4.31 Å². The molecule has 0 unspecified atom stereocenters. The largest absolute Gasteiger partial charge is 0.480 e. The van der Waals surface area contributed by atoms with E-state index in [9.17, 15) is 23.3 Å². The van der Waals surface area contributed by atoms with Crippen molar-refractivity contribution in [1.29, 1.82) is 0 Å². The van der Waals surface area contributed by atoms with Crippen LogP contribution in [0.2, 0.25) is 0 Å². The molecule has 9 heteroatoms. The molecule has 0 heterocycles. The van der Waals surface area contributed by atoms with E-state index in [0.717, 1.165) is 4.31 Å². The van der Waals surface area contributed by atoms with E-state index in [1.807, 2.05) is 0 Å². The minimum atomic E-state index is -3.94. The topological polar surface area (TPSA) is 118 Å². The van der Waals surface area contributed by atoms with Crippen LogP contribution >= 0.6 is 0 Å². The minimum absolute atomic E-state index is 0.0869. The van der Waals surface area contributed by atoms with E-state index >= 15 is 0 Å². The average Bonchev–Trinajstić information content (AvgIpc) is 2.54. The number of carbonyl (C=O) groups is 1. The predicted octanol–water partition coefficient (Wildman–Crippen LogP) is 1.97. The van der Waals surface area contributed by atoms with Gasteiger partial charge in [-0.25, -0.2) is 8.42 Å². The molecule has 0 aliphatic rings. The molecule has 0 atom stereocenters. The van der Waals surface area contributed by atoms with Crippen molar-refractivity contribution >= 4 is 21.7 Å². The summed E-state index contributed by atoms with van der Waals surface area (Å²) in [6.45, 7) is -0.658. The molecule has 2 aromatic rings. The Balaban J connectivity index is 2.39. The molecule has 0 fully saturated rings. The van der Waals surface area contributed by atoms with Gasteiger partial charge in [0.15, 0.2) is 0 Å². The summed E-state index contributed by atoms with van der Waals surface area (Å²) in [7, 11) is -2.77. The standard InChI is InChI=1S/C15H14N2O6S/c1-16(10-15(18)19)24(22,23)12-8-6-11(7-9-12)13-4-2-3-5-14(13)17(20)21/h2-9H,10H2,1H3,(H,18,19). The first-order valence-electron chi connectivity index (χ1n) is 6.75. The van der Waals surface area contributed by atoms with Gasteiger partial charge in [-0.05, 0) is 23.8 Å². The summed E-state index contributed by atoms with van der Waals surface area (Å²) >= 11 is 0. The fourth-order valence-electron chi connectivity index (χ4n) is 2.14. The van der Waals surface area contributed by atoms with Gasteiger partial charge in [-0.3, -0.25) is 14.9 Å². The molecule has 126 valence electrons. The van der Waals surface area contributed by atoms with Crippen molar-refractivity contribution in [2.45, 2.75) is 4.90 Å². The highest BCUT2D eigenvalue weighted by atomic mass is 32.2. The number of nitro groups is 1. The molecule has 0 radical (unpaired) electrons. The molecule has 2 rings (SSSR count). The van der Waals surface area contributed by atoms with Gasteiger partial charge >= 0.3 is 5.97 Å². The van der Waals surface area contributed by atoms with E-state index in [1.54, 1.807) is 18.2 Å². The van der Waals surface area contributed by atoms with Gasteiger partial charge in [-0.15, -0.1) is 0 Å². The second-order valence-corrected chi connectivity index (χ2v) is 7.00. The van der Waals surface area contributed by atoms with Crippen molar-refractivity contribution in [3.05, 3.63) is 58.6 Å². The van der Waals surface area contributed by atoms with Crippen LogP contribution in [-0.2, 0) is 14.8 Å². The summed E-state index contributed by atoms with van der Waals surface area (Å²) in [5.74, 6) is -1.27. The molecule has 0 saturated carbocycles. The van der Waals surface area contributed by atoms with Crippen LogP contribution in [0.5, 0.6) is 0 Å². The monoisotopic (exact) mass is 350 g/mol. The molecule has 8 nitrogen and oxygen atoms in total. The van der Waals surface area contributed by atoms with Gasteiger partial charge in [0.05, 0.1) is 15.4 Å². The lowest BCUT2D eigenvalue weighted by Crippen LogP contribution is -2.31. The third-order valence-electron chi connectivity index (χ3n) is 3.33. The Morgan fingerprint density at radius 3 is 2.29 bits per heavy atom. The Labute approximate surface area is 138 Å². The first-order valence-corrected chi connectivity index (χ1v) is 8.19. The molecule has 0 amide bonds. The molecule has 0 saturated heterocycles. The summed E-state index contributed by atoms with van der Waals surface area (Å²) < 4.78 is 25.2. The number of hydrogen-bond donors (Lipinski definition) is 1. The van der Waals surface area contributed by atoms with Crippen LogP contribution in [0.1, 0.15) is 0 Å². The molecule has 0 aromatic heterocycles. The molecular formula is C15H14N2O6S. The Morgan fingerprint density at radius 1 is 1.17 bits per heavy atom. The molecular weight excluding hydrogens is 336 g/mol. The van der Waals surface area contributed by atoms with Crippen LogP contribution < -0.4 is 0 Å². The van der Waals surface area contributed by atoms with Crippen LogP contribution in [0.4, 0.5) is 5.69 Å². The number of aliphatic carboxylic acids is 1. The van der Waals surface area contributed by atoms with E-state index in [-0.39, 0.29) is 10.6 Å². The molecule has 2 aromatic carbocycles. The lowest BCUT2D eigenvalue weighted by molar-refractivity contribution is -0.384. The second-order valence-electron chi connectivity index (χ2n) is 4.95. The summed E-state index contributed by atoms with van der Waals surface area (Å²) in [5.41, 5.74) is 0.767. The third kappa shape index (κ3) is 3.58. The normalized spacial score (nSPS) is 11.4. The number of nitrogens with zero attached hydrogens (tertiary/aromatic N) is 2. The maximum absolute atomic E-state index is 12.2. The lowest BCUT2D eigenvalue weighted by atomic mass is 10.0. The predicted molar refractivity (Wildman–Crippen MR) is 86.0 cm³/mol. The van der Waals surface area contributed by atoms with Crippen molar-refractivity contribution < 1.29 is 23.2 Å². The zero-order chi connectivity index (χ0) is 17.9. The van der Waals surface area contributed by atoms with Crippen LogP contribution in [-0.4, -0.2) is 42.3 Å². The van der Waals surface area contributed by atoms with E-state index in [2.05, 4.69) is 0 Å². The van der Waals surface area contributed by atoms with E-state index < -0.39 is 27.5 Å². The van der Waals surface area contributed by atoms with Crippen LogP contribution in [0, 0.1) is 10.1 Å². The summed E-state index contributed by atoms with van der Waals surface area (Å²) in [6, 6.07) is 11.6. The number of benzene rings is 2. The first-order chi connectivity index (χ1) is 11.2. The molecule has 0 aliphatic heterocycles. The third-order valence-corrected chi connectivity index (χ3v) is 5.15. The number of likely N-dealkylation sites (N-methyl/N-ethyl adjacent to an activating group) is 1. The van der Waals surface area contributed by atoms with Gasteiger partial charge in [0, 0.05) is 13.1 Å². The quantitative estimate of drug-likeness (QED) is 0.628. The van der Waals surface area contributed by atoms with Gasteiger partial charge in [0.1, 0.15) is 6.54 Å². The van der Waals surface area contributed by atoms with Crippen molar-refractivity contribution in [2.24, 2.45) is 0 Å². The fourth-order valence-corrected chi connectivity index (χ4v) is 3.26. The number of rotatable bonds is 6. The first kappa shape index (κ1) is 17.6. The number of carboxylic acid groups (broad SMARTS) is 1. The highest BCUT2D eigenvalue weighted by Crippen LogP contribution is 2.30. The minimum Gasteiger partial charge on any atom is -0.480 e. The Kier molecular flexibility index (Phi) is 4.96. The molecule has 0 aliphatic carbocycles. The van der Waals surface area contributed by atoms with Crippen LogP contribution in [0.3, 0.4) is 0 Å². The Hall–Kier alpha value is -2.78. The summed E-state index contributed by atoms with van der Waals surface area (Å²) in [6.07, 6.45) is 0. The maximum Gasteiger partial charge on any atom is 0.318 e. The molecule has 24 heavy (non-hydrogen) atoms. The number of hydrogen-bond acceptors (Lipinski definition) is 5. The zero-order valence-corrected chi connectivity index (χ0v) is 13.4. The molecule has 0 bridgehead atoms. The SMILES string of the molecule is CN(CC(=O)O)S(=O)(=O)c1ccc(-c2ccccc2[N+](=O)[O-])cc1. The highest BCUT2D eigenvalue weighted by molar-refractivity contribution is 7.89. The van der Waals surface area contributed by atoms with E-state index in [1.165, 1.54) is 37.4 Å². The van der Waals surface area contributed by atoms with Crippen LogP contribution in [0.25, 0.3) is 11.1 Å². The fraction of sp³-hybridized carbons (Fsp3) is 0.133. The van der Waals surface area contributed by atoms with Crippen molar-refractivity contribution in [2.75, 3.05) is 13.6 Å². The Morgan fingerprint density at radius 2 is 1.75 bits per heavy atom. The zero-order valence-electron chi connectivity index (χ0n) is 12.6. The maximum atomic E-state index is 12.2. The van der Waals surface area contributed by atoms with Gasteiger partial charge in [0.2, 0.25) is 10.0 Å². The number of sulfonamides is 1. The number of para-hydroxylation sites is 1. The number of carboxylic acids is 1. The molecule has 0 spiro atoms. The van der Waals surface area contributed by atoms with Gasteiger partial charge < -0.3 is 5.11 Å². The van der Waals surface area contributed by atoms with E-state index in [0.29, 0.717) is 11.1 Å². The van der Waals surface area contributed by atoms with Gasteiger partial charge in [-0.2, -0.15) is 4.31 Å². The average molecular weight is 350 g/mol. The van der Waals surface area contributed by atoms with Crippen molar-refractivity contribution in [3.63, 3.8) is 0 Å². The lowest BCUT2D eigenvalue weighted by Gasteiger charge is -2.15. The van der Waals surface area contributed by atoms with Crippen LogP contribution in [0.15, 0.2) is 53.4 Å². The summed E-state index contributed by atoms with van der Waals surface area (Å²) in [4.78, 5) is 21.1. The Bertz CT molecular complexity index is 877. The second kappa shape index (κ2) is 6.77. The summed E-state index contributed by atoms with van der Waals surface area (Å²) in [5, 5.41) is 19.8.